The molecule has 10 rings (SSSR count). The fraction of sp³-hybridized carbons (Fsp3) is 0.452. The molecule has 6 aliphatic heterocycles. The van der Waals surface area contributed by atoms with Crippen LogP contribution in [0.3, 0.4) is 0 Å². The summed E-state index contributed by atoms with van der Waals surface area (Å²) in [6, 6.07) is 17.7. The van der Waals surface area contributed by atoms with Crippen molar-refractivity contribution in [3.63, 3.8) is 0 Å². The third-order valence-electron chi connectivity index (χ3n) is 12.9. The van der Waals surface area contributed by atoms with Gasteiger partial charge in [-0.1, -0.05) is 12.1 Å². The second kappa shape index (κ2) is 13.7. The van der Waals surface area contributed by atoms with Gasteiger partial charge in [-0.05, 0) is 86.7 Å². The number of carbonyl (C=O) groups is 2. The first-order valence-electron chi connectivity index (χ1n) is 19.9. The van der Waals surface area contributed by atoms with Crippen LogP contribution in [0.5, 0.6) is 5.88 Å². The van der Waals surface area contributed by atoms with Gasteiger partial charge in [0, 0.05) is 92.5 Å². The number of aromatic nitrogens is 3. The summed E-state index contributed by atoms with van der Waals surface area (Å²) < 4.78 is 5.74. The monoisotopic (exact) mass is 740 g/mol. The van der Waals surface area contributed by atoms with Crippen LogP contribution >= 0.6 is 0 Å². The first-order valence-corrected chi connectivity index (χ1v) is 19.9. The van der Waals surface area contributed by atoms with Gasteiger partial charge in [0.2, 0.25) is 23.6 Å². The van der Waals surface area contributed by atoms with Crippen molar-refractivity contribution in [1.82, 2.24) is 25.2 Å². The molecule has 13 nitrogen and oxygen atoms in total. The number of nitrogens with one attached hydrogen (secondary N) is 3. The lowest BCUT2D eigenvalue weighted by molar-refractivity contribution is -0.134. The minimum absolute atomic E-state index is 0.170. The molecule has 284 valence electrons. The van der Waals surface area contributed by atoms with E-state index in [4.69, 9.17) is 9.72 Å². The number of imide groups is 1. The molecular formula is C42H48N10O3. The van der Waals surface area contributed by atoms with Crippen molar-refractivity contribution >= 4 is 46.2 Å². The zero-order valence-electron chi connectivity index (χ0n) is 31.4. The topological polar surface area (TPSA) is 131 Å². The van der Waals surface area contributed by atoms with Gasteiger partial charge in [-0.3, -0.25) is 19.8 Å². The Morgan fingerprint density at radius 3 is 2.51 bits per heavy atom. The predicted octanol–water partition coefficient (Wildman–Crippen LogP) is 4.60. The van der Waals surface area contributed by atoms with Crippen molar-refractivity contribution in [2.75, 3.05) is 84.3 Å². The highest BCUT2D eigenvalue weighted by atomic mass is 16.5. The third-order valence-corrected chi connectivity index (χ3v) is 12.9. The Balaban J connectivity index is 0.720. The number of rotatable bonds is 7. The van der Waals surface area contributed by atoms with Crippen LogP contribution in [0.25, 0.3) is 0 Å². The molecule has 13 heteroatoms. The van der Waals surface area contributed by atoms with Gasteiger partial charge in [-0.25, -0.2) is 15.0 Å². The number of nitrogens with zero attached hydrogens (tertiary/aromatic N) is 7. The van der Waals surface area contributed by atoms with Gasteiger partial charge in [0.25, 0.3) is 0 Å². The number of ether oxygens (including phenoxy) is 1. The van der Waals surface area contributed by atoms with Gasteiger partial charge in [0.05, 0.1) is 30.0 Å². The maximum atomic E-state index is 12.3. The van der Waals surface area contributed by atoms with E-state index in [1.165, 1.54) is 29.8 Å². The number of likely N-dealkylation sites (tertiary alicyclic amines) is 1. The van der Waals surface area contributed by atoms with Crippen LogP contribution < -0.4 is 35.4 Å². The van der Waals surface area contributed by atoms with E-state index in [-0.39, 0.29) is 17.7 Å². The molecule has 0 aliphatic carbocycles. The first-order chi connectivity index (χ1) is 26.9. The van der Waals surface area contributed by atoms with Crippen molar-refractivity contribution in [1.29, 1.82) is 0 Å². The molecule has 2 aromatic carbocycles. The minimum Gasteiger partial charge on any atom is -0.474 e. The molecule has 2 aromatic heterocycles. The minimum atomic E-state index is -0.233. The van der Waals surface area contributed by atoms with Gasteiger partial charge in [0.1, 0.15) is 12.3 Å². The quantitative estimate of drug-likeness (QED) is 0.229. The summed E-state index contributed by atoms with van der Waals surface area (Å²) in [5.74, 6) is 0.726. The number of carbonyl (C=O) groups excluding carboxylic acids is 2. The van der Waals surface area contributed by atoms with Crippen LogP contribution in [0.4, 0.5) is 34.4 Å². The Morgan fingerprint density at radius 1 is 0.873 bits per heavy atom. The first kappa shape index (κ1) is 34.1. The smallest absolute Gasteiger partial charge is 0.237 e. The van der Waals surface area contributed by atoms with Crippen molar-refractivity contribution < 1.29 is 14.3 Å². The Kier molecular flexibility index (Phi) is 8.49. The third kappa shape index (κ3) is 6.47. The Hall–Kier alpha value is -5.43. The van der Waals surface area contributed by atoms with Crippen LogP contribution in [-0.4, -0.2) is 96.7 Å². The second-order valence-electron chi connectivity index (χ2n) is 16.3. The number of amides is 2. The Morgan fingerprint density at radius 2 is 1.67 bits per heavy atom. The summed E-state index contributed by atoms with van der Waals surface area (Å²) >= 11 is 0. The summed E-state index contributed by atoms with van der Waals surface area (Å²) in [7, 11) is 0. The Bertz CT molecular complexity index is 2120. The number of benzene rings is 2. The van der Waals surface area contributed by atoms with Crippen molar-refractivity contribution in [3.8, 4) is 5.88 Å². The van der Waals surface area contributed by atoms with Gasteiger partial charge < -0.3 is 30.1 Å². The molecule has 8 heterocycles. The Labute approximate surface area is 321 Å². The molecule has 1 spiro atoms. The summed E-state index contributed by atoms with van der Waals surface area (Å²) in [6.07, 6.45) is 8.27. The maximum Gasteiger partial charge on any atom is 0.237 e. The van der Waals surface area contributed by atoms with E-state index in [1.807, 2.05) is 12.4 Å². The highest BCUT2D eigenvalue weighted by Crippen LogP contribution is 2.43. The van der Waals surface area contributed by atoms with E-state index < -0.39 is 0 Å². The van der Waals surface area contributed by atoms with E-state index in [0.29, 0.717) is 49.3 Å². The molecule has 0 radical (unpaired) electrons. The fourth-order valence-corrected chi connectivity index (χ4v) is 9.58. The predicted molar refractivity (Wildman–Crippen MR) is 212 cm³/mol. The maximum absolute atomic E-state index is 12.3. The lowest BCUT2D eigenvalue weighted by Crippen LogP contribution is -2.59. The number of hydrogen-bond acceptors (Lipinski definition) is 12. The summed E-state index contributed by atoms with van der Waals surface area (Å²) in [6.45, 7) is 11.8. The standard InChI is InChI=1S/C42H48N10O3/c1-27-36(21-44-40-38(27)43-15-19-55-40)49-16-12-29-20-45-41(47-35(29)24-49)46-30-4-8-31(9-5-30)50-17-13-42(25-50)14-18-51(26-42)33-22-52(23-33)32-6-2-28(3-7-32)34-10-11-37(53)48-39(34)54/h2-9,20-21,33-34,43H,10-19,22-26H2,1H3,(H,45,46,47)(H,48,53,54). The molecule has 2 atom stereocenters. The van der Waals surface area contributed by atoms with Crippen LogP contribution in [0, 0.1) is 12.3 Å². The van der Waals surface area contributed by atoms with Gasteiger partial charge in [0.15, 0.2) is 0 Å². The van der Waals surface area contributed by atoms with Gasteiger partial charge in [-0.2, -0.15) is 0 Å². The highest BCUT2D eigenvalue weighted by Gasteiger charge is 2.47. The molecular weight excluding hydrogens is 693 g/mol. The second-order valence-corrected chi connectivity index (χ2v) is 16.3. The van der Waals surface area contributed by atoms with E-state index in [1.54, 1.807) is 0 Å². The zero-order valence-corrected chi connectivity index (χ0v) is 31.4. The van der Waals surface area contributed by atoms with Crippen LogP contribution in [0.1, 0.15) is 54.0 Å². The largest absolute Gasteiger partial charge is 0.474 e. The van der Waals surface area contributed by atoms with Crippen LogP contribution in [0.15, 0.2) is 60.9 Å². The summed E-state index contributed by atoms with van der Waals surface area (Å²) in [4.78, 5) is 48.2. The van der Waals surface area contributed by atoms with E-state index >= 15 is 0 Å². The SMILES string of the molecule is Cc1c(N2CCc3cnc(Nc4ccc(N5CCC6(CCN(C7CN(c8ccc(C9CCC(=O)NC9=O)cc8)C7)C6)C5)cc4)nc3C2)cnc2c1NCCO2. The van der Waals surface area contributed by atoms with E-state index in [0.717, 1.165) is 92.7 Å². The molecule has 0 bridgehead atoms. The molecule has 2 amide bonds. The highest BCUT2D eigenvalue weighted by molar-refractivity contribution is 6.01. The van der Waals surface area contributed by atoms with Crippen molar-refractivity contribution in [2.24, 2.45) is 5.41 Å². The number of fused-ring (bicyclic) bond motifs is 2. The van der Waals surface area contributed by atoms with E-state index in [9.17, 15) is 9.59 Å². The summed E-state index contributed by atoms with van der Waals surface area (Å²) in [5.41, 5.74) is 10.3. The van der Waals surface area contributed by atoms with E-state index in [2.05, 4.69) is 101 Å². The lowest BCUT2D eigenvalue weighted by atomic mass is 9.86. The molecule has 6 aliphatic rings. The van der Waals surface area contributed by atoms with Crippen LogP contribution in [0.2, 0.25) is 0 Å². The number of anilines is 6. The average molecular weight is 741 g/mol. The molecule has 4 aromatic rings. The van der Waals surface area contributed by atoms with Crippen molar-refractivity contribution in [2.45, 2.75) is 57.5 Å². The van der Waals surface area contributed by atoms with Gasteiger partial charge >= 0.3 is 0 Å². The molecule has 4 fully saturated rings. The summed E-state index contributed by atoms with van der Waals surface area (Å²) in [5, 5.41) is 9.39. The number of pyridine rings is 1. The molecule has 2 unspecified atom stereocenters. The lowest BCUT2D eigenvalue weighted by Gasteiger charge is -2.46. The number of piperidine rings is 1. The van der Waals surface area contributed by atoms with Crippen molar-refractivity contribution in [3.05, 3.63) is 83.3 Å². The molecule has 0 saturated carbocycles. The average Bonchev–Trinajstić information content (AvgIpc) is 3.80. The normalized spacial score (nSPS) is 23.9. The van der Waals surface area contributed by atoms with Crippen LogP contribution in [-0.2, 0) is 22.6 Å². The zero-order chi connectivity index (χ0) is 37.1. The van der Waals surface area contributed by atoms with Gasteiger partial charge in [-0.15, -0.1) is 0 Å². The number of hydrogen-bond donors (Lipinski definition) is 3. The molecule has 3 N–H and O–H groups in total. The fourth-order valence-electron chi connectivity index (χ4n) is 9.58. The molecule has 4 saturated heterocycles. The molecule has 55 heavy (non-hydrogen) atoms.